The van der Waals surface area contributed by atoms with Crippen molar-refractivity contribution < 1.29 is 20.1 Å². The predicted octanol–water partition coefficient (Wildman–Crippen LogP) is 7.59. The first-order chi connectivity index (χ1) is 18.1. The number of hydrogen-bond donors (Lipinski definition) is 3. The van der Waals surface area contributed by atoms with E-state index in [1.54, 1.807) is 24.3 Å². The largest absolute Gasteiger partial charge is 0.508 e. The summed E-state index contributed by atoms with van der Waals surface area (Å²) in [7, 11) is 0. The van der Waals surface area contributed by atoms with Gasteiger partial charge in [-0.15, -0.1) is 0 Å². The van der Waals surface area contributed by atoms with Crippen molar-refractivity contribution in [3.8, 4) is 11.5 Å². The van der Waals surface area contributed by atoms with Gasteiger partial charge in [0, 0.05) is 23.6 Å². The van der Waals surface area contributed by atoms with E-state index in [1.807, 2.05) is 24.3 Å². The first-order valence-corrected chi connectivity index (χ1v) is 13.1. The minimum atomic E-state index is -1.11. The maximum atomic E-state index is 10.9. The van der Waals surface area contributed by atoms with E-state index in [9.17, 15) is 15.0 Å². The third kappa shape index (κ3) is 7.14. The monoisotopic (exact) mass is 513 g/mol. The molecule has 5 heteroatoms. The van der Waals surface area contributed by atoms with Crippen LogP contribution in [0.4, 0.5) is 0 Å². The van der Waals surface area contributed by atoms with Gasteiger partial charge >= 0.3 is 5.97 Å². The number of aromatic carboxylic acids is 1. The van der Waals surface area contributed by atoms with Gasteiger partial charge in [0.2, 0.25) is 0 Å². The summed E-state index contributed by atoms with van der Waals surface area (Å²) in [6, 6.07) is 27.6. The molecule has 0 radical (unpaired) electrons. The molecule has 0 fully saturated rings. The normalized spacial score (nSPS) is 12.0. The van der Waals surface area contributed by atoms with Crippen LogP contribution in [0.25, 0.3) is 10.8 Å². The highest BCUT2D eigenvalue weighted by atomic mass is 16.4. The van der Waals surface area contributed by atoms with Crippen molar-refractivity contribution in [2.75, 3.05) is 6.54 Å². The van der Waals surface area contributed by atoms with E-state index in [2.05, 4.69) is 69.9 Å². The molecule has 0 saturated heterocycles. The Kier molecular flexibility index (Phi) is 9.91. The van der Waals surface area contributed by atoms with Crippen molar-refractivity contribution in [2.24, 2.45) is 0 Å². The Balaban J connectivity index is 0.000000241. The lowest BCUT2D eigenvalue weighted by atomic mass is 9.87. The van der Waals surface area contributed by atoms with Crippen molar-refractivity contribution in [1.29, 1.82) is 0 Å². The van der Waals surface area contributed by atoms with Crippen LogP contribution in [-0.4, -0.2) is 44.8 Å². The summed E-state index contributed by atoms with van der Waals surface area (Å²) < 4.78 is 0. The first kappa shape index (κ1) is 28.7. The van der Waals surface area contributed by atoms with E-state index in [0.717, 1.165) is 23.9 Å². The third-order valence-corrected chi connectivity index (χ3v) is 6.88. The summed E-state index contributed by atoms with van der Waals surface area (Å²) in [6.45, 7) is 12.1. The van der Waals surface area contributed by atoms with Crippen LogP contribution in [-0.2, 0) is 0 Å². The summed E-state index contributed by atoms with van der Waals surface area (Å²) >= 11 is 0. The third-order valence-electron chi connectivity index (χ3n) is 6.88. The molecular formula is C33H39NO4. The molecule has 1 atom stereocenters. The fraction of sp³-hybridized carbons (Fsp3) is 0.303. The molecular weight excluding hydrogens is 474 g/mol. The van der Waals surface area contributed by atoms with Gasteiger partial charge in [-0.3, -0.25) is 4.90 Å². The number of nitrogens with zero attached hydrogens (tertiary/aromatic N) is 1. The Bertz CT molecular complexity index is 1340. The van der Waals surface area contributed by atoms with Gasteiger partial charge in [-0.2, -0.15) is 0 Å². The fourth-order valence-corrected chi connectivity index (χ4v) is 5.02. The van der Waals surface area contributed by atoms with E-state index in [4.69, 9.17) is 5.11 Å². The van der Waals surface area contributed by atoms with Gasteiger partial charge in [0.1, 0.15) is 17.1 Å². The number of aromatic hydroxyl groups is 2. The van der Waals surface area contributed by atoms with Crippen LogP contribution in [0, 0.1) is 6.92 Å². The van der Waals surface area contributed by atoms with Gasteiger partial charge in [0.25, 0.3) is 0 Å². The SMILES string of the molecule is Cc1ccc(O)c([C@H](CCN(C(C)C)C(C)C)c2ccccc2)c1.O=C(O)c1c(O)ccc2ccccc12. The summed E-state index contributed by atoms with van der Waals surface area (Å²) in [5.74, 6) is -0.698. The molecule has 0 heterocycles. The van der Waals surface area contributed by atoms with Crippen molar-refractivity contribution in [1.82, 2.24) is 4.90 Å². The maximum Gasteiger partial charge on any atom is 0.340 e. The Labute approximate surface area is 226 Å². The molecule has 4 rings (SSSR count). The smallest absolute Gasteiger partial charge is 0.340 e. The fourth-order valence-electron chi connectivity index (χ4n) is 5.02. The van der Waals surface area contributed by atoms with Crippen molar-refractivity contribution in [3.05, 3.63) is 107 Å². The van der Waals surface area contributed by atoms with E-state index in [1.165, 1.54) is 17.2 Å². The molecule has 200 valence electrons. The van der Waals surface area contributed by atoms with Crippen LogP contribution in [0.5, 0.6) is 11.5 Å². The number of rotatable bonds is 8. The van der Waals surface area contributed by atoms with Crippen LogP contribution < -0.4 is 0 Å². The number of benzene rings is 4. The minimum absolute atomic E-state index is 0.0388. The number of fused-ring (bicyclic) bond motifs is 1. The highest BCUT2D eigenvalue weighted by molar-refractivity contribution is 6.06. The zero-order chi connectivity index (χ0) is 27.8. The van der Waals surface area contributed by atoms with Crippen LogP contribution in [0.1, 0.15) is 67.1 Å². The number of phenols is 2. The van der Waals surface area contributed by atoms with Crippen LogP contribution in [0.3, 0.4) is 0 Å². The number of carboxylic acid groups (broad SMARTS) is 1. The molecule has 0 aromatic heterocycles. The molecule has 38 heavy (non-hydrogen) atoms. The molecule has 5 nitrogen and oxygen atoms in total. The lowest BCUT2D eigenvalue weighted by Crippen LogP contribution is -2.38. The second kappa shape index (κ2) is 13.1. The molecule has 0 aliphatic heterocycles. The number of hydrogen-bond acceptors (Lipinski definition) is 4. The Morgan fingerprint density at radius 1 is 0.789 bits per heavy atom. The number of carbonyl (C=O) groups is 1. The van der Waals surface area contributed by atoms with Gasteiger partial charge in [0.15, 0.2) is 0 Å². The quantitative estimate of drug-likeness (QED) is 0.226. The first-order valence-electron chi connectivity index (χ1n) is 13.1. The van der Waals surface area contributed by atoms with Gasteiger partial charge in [-0.1, -0.05) is 78.4 Å². The number of aryl methyl sites for hydroxylation is 1. The number of carboxylic acids is 1. The molecule has 0 aliphatic rings. The van der Waals surface area contributed by atoms with E-state index < -0.39 is 5.97 Å². The molecule has 0 bridgehead atoms. The Hall–Kier alpha value is -3.83. The highest BCUT2D eigenvalue weighted by Gasteiger charge is 2.21. The second-order valence-electron chi connectivity index (χ2n) is 10.2. The van der Waals surface area contributed by atoms with Crippen molar-refractivity contribution >= 4 is 16.7 Å². The van der Waals surface area contributed by atoms with Crippen molar-refractivity contribution in [3.63, 3.8) is 0 Å². The summed E-state index contributed by atoms with van der Waals surface area (Å²) in [5.41, 5.74) is 3.45. The lowest BCUT2D eigenvalue weighted by Gasteiger charge is -2.32. The Morgan fingerprint density at radius 2 is 1.39 bits per heavy atom. The van der Waals surface area contributed by atoms with Crippen LogP contribution in [0.15, 0.2) is 84.9 Å². The van der Waals surface area contributed by atoms with Gasteiger partial charge in [0.05, 0.1) is 0 Å². The van der Waals surface area contributed by atoms with Gasteiger partial charge < -0.3 is 15.3 Å². The number of phenolic OH excluding ortho intramolecular Hbond substituents is 1. The summed E-state index contributed by atoms with van der Waals surface area (Å²) in [5, 5.41) is 30.1. The molecule has 0 aliphatic carbocycles. The van der Waals surface area contributed by atoms with Crippen LogP contribution >= 0.6 is 0 Å². The zero-order valence-corrected chi connectivity index (χ0v) is 22.9. The molecule has 0 spiro atoms. The molecule has 0 amide bonds. The van der Waals surface area contributed by atoms with E-state index in [0.29, 0.717) is 23.2 Å². The molecule has 0 saturated carbocycles. The second-order valence-corrected chi connectivity index (χ2v) is 10.2. The van der Waals surface area contributed by atoms with E-state index >= 15 is 0 Å². The van der Waals surface area contributed by atoms with E-state index in [-0.39, 0.29) is 17.2 Å². The highest BCUT2D eigenvalue weighted by Crippen LogP contribution is 2.35. The molecule has 4 aromatic rings. The summed E-state index contributed by atoms with van der Waals surface area (Å²) in [6.07, 6.45) is 0.997. The molecule has 4 aromatic carbocycles. The maximum absolute atomic E-state index is 10.9. The zero-order valence-electron chi connectivity index (χ0n) is 22.9. The molecule has 0 unspecified atom stereocenters. The standard InChI is InChI=1S/C22H31NO.C11H8O3/c1-16(2)23(17(3)4)14-13-20(19-9-7-6-8-10-19)21-15-18(5)11-12-22(21)24;12-9-6-5-7-3-1-2-4-8(7)10(9)11(13)14/h6-12,15-17,20,24H,13-14H2,1-5H3;1-6,12H,(H,13,14)/t20-;/m1./s1. The minimum Gasteiger partial charge on any atom is -0.508 e. The van der Waals surface area contributed by atoms with Crippen LogP contribution in [0.2, 0.25) is 0 Å². The van der Waals surface area contributed by atoms with Gasteiger partial charge in [-0.25, -0.2) is 4.79 Å². The lowest BCUT2D eigenvalue weighted by molar-refractivity contribution is 0.0696. The molecule has 3 N–H and O–H groups in total. The van der Waals surface area contributed by atoms with Crippen molar-refractivity contribution in [2.45, 2.75) is 59.0 Å². The average Bonchev–Trinajstić information content (AvgIpc) is 2.88. The summed E-state index contributed by atoms with van der Waals surface area (Å²) in [4.78, 5) is 13.4. The average molecular weight is 514 g/mol. The predicted molar refractivity (Wildman–Crippen MR) is 155 cm³/mol. The van der Waals surface area contributed by atoms with Gasteiger partial charge in [-0.05, 0) is 76.1 Å². The Morgan fingerprint density at radius 3 is 2.03 bits per heavy atom. The topological polar surface area (TPSA) is 81.0 Å².